The number of hydrogen-bond donors (Lipinski definition) is 1. The molecule has 0 aromatic heterocycles. The molecule has 1 amide bonds. The third-order valence-electron chi connectivity index (χ3n) is 3.79. The minimum atomic E-state index is -1.05. The first-order valence-electron chi connectivity index (χ1n) is 6.50. The van der Waals surface area contributed by atoms with Crippen molar-refractivity contribution in [3.05, 3.63) is 0 Å². The van der Waals surface area contributed by atoms with E-state index in [1.807, 2.05) is 0 Å². The van der Waals surface area contributed by atoms with Gasteiger partial charge in [-0.3, -0.25) is 4.90 Å². The summed E-state index contributed by atoms with van der Waals surface area (Å²) in [5.74, 6) is -0.475. The topological polar surface area (TPSA) is 76.1 Å². The van der Waals surface area contributed by atoms with Crippen LogP contribution < -0.4 is 0 Å². The van der Waals surface area contributed by atoms with E-state index in [-0.39, 0.29) is 12.5 Å². The number of esters is 1. The zero-order valence-corrected chi connectivity index (χ0v) is 11.8. The third kappa shape index (κ3) is 2.18. The van der Waals surface area contributed by atoms with Crippen LogP contribution in [0.1, 0.15) is 40.0 Å². The van der Waals surface area contributed by atoms with Gasteiger partial charge in [0, 0.05) is 6.42 Å². The molecule has 2 heterocycles. The molecule has 0 radical (unpaired) electrons. The minimum Gasteiger partial charge on any atom is -0.467 e. The number of aliphatic hydroxyl groups excluding tert-OH is 1. The number of fused-ring (bicyclic) bond motifs is 2. The molecule has 108 valence electrons. The molecule has 2 rings (SSSR count). The quantitative estimate of drug-likeness (QED) is 0.722. The summed E-state index contributed by atoms with van der Waals surface area (Å²) in [6.07, 6.45) is 0.0806. The highest BCUT2D eigenvalue weighted by atomic mass is 16.6. The van der Waals surface area contributed by atoms with E-state index in [2.05, 4.69) is 0 Å². The molecular weight excluding hydrogens is 250 g/mol. The molecule has 2 fully saturated rings. The van der Waals surface area contributed by atoms with Crippen molar-refractivity contribution in [3.63, 3.8) is 0 Å². The molecular formula is C13H21NO5. The van der Waals surface area contributed by atoms with Crippen LogP contribution in [-0.4, -0.2) is 52.5 Å². The highest BCUT2D eigenvalue weighted by molar-refractivity contribution is 5.88. The maximum absolute atomic E-state index is 12.3. The number of carbonyl (C=O) groups excluding carboxylic acids is 2. The van der Waals surface area contributed by atoms with Gasteiger partial charge in [0.05, 0.1) is 19.3 Å². The fourth-order valence-corrected chi connectivity index (χ4v) is 3.10. The summed E-state index contributed by atoms with van der Waals surface area (Å²) in [6.45, 7) is 5.30. The first-order chi connectivity index (χ1) is 8.71. The Morgan fingerprint density at radius 3 is 2.47 bits per heavy atom. The van der Waals surface area contributed by atoms with Gasteiger partial charge in [-0.05, 0) is 33.6 Å². The molecule has 0 saturated carbocycles. The van der Waals surface area contributed by atoms with Crippen molar-refractivity contribution < 1.29 is 24.2 Å². The van der Waals surface area contributed by atoms with Crippen molar-refractivity contribution in [1.29, 1.82) is 0 Å². The number of hydrogen-bond acceptors (Lipinski definition) is 5. The summed E-state index contributed by atoms with van der Waals surface area (Å²) in [5, 5.41) is 9.99. The maximum Gasteiger partial charge on any atom is 0.411 e. The lowest BCUT2D eigenvalue weighted by molar-refractivity contribution is -0.152. The minimum absolute atomic E-state index is 0.226. The Labute approximate surface area is 112 Å². The van der Waals surface area contributed by atoms with Crippen LogP contribution >= 0.6 is 0 Å². The van der Waals surface area contributed by atoms with Crippen LogP contribution in [0.5, 0.6) is 0 Å². The second-order valence-electron chi connectivity index (χ2n) is 6.25. The maximum atomic E-state index is 12.3. The van der Waals surface area contributed by atoms with E-state index in [9.17, 15) is 14.7 Å². The second-order valence-corrected chi connectivity index (χ2v) is 6.25. The predicted molar refractivity (Wildman–Crippen MR) is 66.5 cm³/mol. The first-order valence-corrected chi connectivity index (χ1v) is 6.50. The second kappa shape index (κ2) is 4.37. The molecule has 2 aliphatic rings. The molecule has 6 heteroatoms. The Morgan fingerprint density at radius 2 is 2.00 bits per heavy atom. The van der Waals surface area contributed by atoms with Crippen LogP contribution in [0.2, 0.25) is 0 Å². The third-order valence-corrected chi connectivity index (χ3v) is 3.79. The van der Waals surface area contributed by atoms with Gasteiger partial charge in [-0.15, -0.1) is 0 Å². The summed E-state index contributed by atoms with van der Waals surface area (Å²) in [6, 6.07) is -0.353. The van der Waals surface area contributed by atoms with Crippen LogP contribution in [-0.2, 0) is 14.3 Å². The lowest BCUT2D eigenvalue weighted by atomic mass is 9.86. The smallest absolute Gasteiger partial charge is 0.411 e. The molecule has 19 heavy (non-hydrogen) atoms. The Hall–Kier alpha value is -1.30. The summed E-state index contributed by atoms with van der Waals surface area (Å²) in [5.41, 5.74) is -1.69. The normalized spacial score (nSPS) is 33.4. The van der Waals surface area contributed by atoms with Gasteiger partial charge in [0.2, 0.25) is 0 Å². The Bertz CT molecular complexity index is 402. The largest absolute Gasteiger partial charge is 0.467 e. The highest BCUT2D eigenvalue weighted by Crippen LogP contribution is 2.47. The van der Waals surface area contributed by atoms with Crippen LogP contribution in [0.3, 0.4) is 0 Å². The van der Waals surface area contributed by atoms with Gasteiger partial charge in [0.15, 0.2) is 0 Å². The number of amides is 1. The SMILES string of the molecule is COC(=O)[C@]12CC[C@@H]([C@H](O)C1)N2C(=O)OC(C)(C)C. The van der Waals surface area contributed by atoms with E-state index in [0.717, 1.165) is 0 Å². The number of rotatable bonds is 1. The van der Waals surface area contributed by atoms with Gasteiger partial charge < -0.3 is 14.6 Å². The van der Waals surface area contributed by atoms with Crippen LogP contribution in [0.4, 0.5) is 4.79 Å². The number of carbonyl (C=O) groups is 2. The van der Waals surface area contributed by atoms with Gasteiger partial charge in [-0.2, -0.15) is 0 Å². The lowest BCUT2D eigenvalue weighted by Crippen LogP contribution is -2.52. The molecule has 1 N–H and O–H groups in total. The van der Waals surface area contributed by atoms with Gasteiger partial charge in [0.1, 0.15) is 11.1 Å². The van der Waals surface area contributed by atoms with Crippen molar-refractivity contribution in [2.45, 2.75) is 63.3 Å². The Morgan fingerprint density at radius 1 is 1.37 bits per heavy atom. The molecule has 0 spiro atoms. The molecule has 3 atom stereocenters. The van der Waals surface area contributed by atoms with E-state index in [1.54, 1.807) is 20.8 Å². The zero-order chi connectivity index (χ0) is 14.4. The average Bonchev–Trinajstić information content (AvgIpc) is 2.78. The molecule has 0 aromatic carbocycles. The number of methoxy groups -OCH3 is 1. The monoisotopic (exact) mass is 271 g/mol. The standard InChI is InChI=1S/C13H21NO5/c1-12(2,3)19-11(17)14-8-5-6-13(14,7-9(8)15)10(16)18-4/h8-9,15H,5-7H2,1-4H3/t8-,9+,13-/m0/s1. The van der Waals surface area contributed by atoms with Crippen molar-refractivity contribution in [2.75, 3.05) is 7.11 Å². The molecule has 6 nitrogen and oxygen atoms in total. The van der Waals surface area contributed by atoms with Crippen LogP contribution in [0.25, 0.3) is 0 Å². The van der Waals surface area contributed by atoms with Gasteiger partial charge in [-0.25, -0.2) is 9.59 Å². The van der Waals surface area contributed by atoms with Crippen LogP contribution in [0.15, 0.2) is 0 Å². The molecule has 2 saturated heterocycles. The predicted octanol–water partition coefficient (Wildman–Crippen LogP) is 1.06. The molecule has 0 aromatic rings. The lowest BCUT2D eigenvalue weighted by Gasteiger charge is -2.33. The molecule has 2 bridgehead atoms. The highest BCUT2D eigenvalue weighted by Gasteiger charge is 2.64. The Balaban J connectivity index is 2.28. The van der Waals surface area contributed by atoms with E-state index >= 15 is 0 Å². The summed E-state index contributed by atoms with van der Waals surface area (Å²) < 4.78 is 10.2. The van der Waals surface area contributed by atoms with E-state index in [1.165, 1.54) is 12.0 Å². The number of nitrogens with zero attached hydrogens (tertiary/aromatic N) is 1. The van der Waals surface area contributed by atoms with Gasteiger partial charge >= 0.3 is 12.1 Å². The summed E-state index contributed by atoms with van der Waals surface area (Å²) >= 11 is 0. The summed E-state index contributed by atoms with van der Waals surface area (Å²) in [7, 11) is 1.29. The Kier molecular flexibility index (Phi) is 3.24. The fraction of sp³-hybridized carbons (Fsp3) is 0.846. The number of aliphatic hydroxyl groups is 1. The molecule has 0 unspecified atom stereocenters. The fourth-order valence-electron chi connectivity index (χ4n) is 3.10. The van der Waals surface area contributed by atoms with E-state index in [4.69, 9.17) is 9.47 Å². The van der Waals surface area contributed by atoms with Crippen molar-refractivity contribution in [1.82, 2.24) is 4.90 Å². The van der Waals surface area contributed by atoms with Crippen molar-refractivity contribution >= 4 is 12.1 Å². The zero-order valence-electron chi connectivity index (χ0n) is 11.8. The average molecular weight is 271 g/mol. The number of ether oxygens (including phenoxy) is 2. The summed E-state index contributed by atoms with van der Waals surface area (Å²) in [4.78, 5) is 25.7. The van der Waals surface area contributed by atoms with Crippen molar-refractivity contribution in [3.8, 4) is 0 Å². The van der Waals surface area contributed by atoms with E-state index in [0.29, 0.717) is 12.8 Å². The van der Waals surface area contributed by atoms with Gasteiger partial charge in [-0.1, -0.05) is 0 Å². The molecule has 0 aliphatic carbocycles. The van der Waals surface area contributed by atoms with Crippen LogP contribution in [0, 0.1) is 0 Å². The van der Waals surface area contributed by atoms with Crippen molar-refractivity contribution in [2.24, 2.45) is 0 Å². The molecule has 2 aliphatic heterocycles. The van der Waals surface area contributed by atoms with E-state index < -0.39 is 29.3 Å². The first kappa shape index (κ1) is 14.1. The van der Waals surface area contributed by atoms with Gasteiger partial charge in [0.25, 0.3) is 0 Å².